The van der Waals surface area contributed by atoms with Crippen LogP contribution in [0.4, 0.5) is 5.69 Å². The molecule has 0 fully saturated rings. The van der Waals surface area contributed by atoms with E-state index in [0.717, 1.165) is 48.3 Å². The van der Waals surface area contributed by atoms with E-state index >= 15 is 0 Å². The second kappa shape index (κ2) is 12.2. The maximum absolute atomic E-state index is 6.09. The fourth-order valence-corrected chi connectivity index (χ4v) is 4.74. The summed E-state index contributed by atoms with van der Waals surface area (Å²) < 4.78 is 2.33. The van der Waals surface area contributed by atoms with Crippen LogP contribution in [0, 0.1) is 13.8 Å². The normalized spacial score (nSPS) is 10.9. The Bertz CT molecular complexity index is 1290. The third kappa shape index (κ3) is 6.99. The highest BCUT2D eigenvalue weighted by atomic mass is 35.5. The Hall–Kier alpha value is -3.08. The molecule has 0 amide bonds. The van der Waals surface area contributed by atoms with Gasteiger partial charge in [-0.25, -0.2) is 0 Å². The molecule has 1 aromatic heterocycles. The summed E-state index contributed by atoms with van der Waals surface area (Å²) in [7, 11) is 0. The van der Waals surface area contributed by atoms with Crippen LogP contribution in [0.2, 0.25) is 5.02 Å². The van der Waals surface area contributed by atoms with Crippen LogP contribution < -0.4 is 5.32 Å². The lowest BCUT2D eigenvalue weighted by atomic mass is 10.1. The van der Waals surface area contributed by atoms with Crippen molar-refractivity contribution in [3.63, 3.8) is 0 Å². The molecule has 0 unspecified atom stereocenters. The Kier molecular flexibility index (Phi) is 8.84. The summed E-state index contributed by atoms with van der Waals surface area (Å²) in [4.78, 5) is 2.26. The fourth-order valence-electron chi connectivity index (χ4n) is 4.34. The van der Waals surface area contributed by atoms with Gasteiger partial charge in [-0.3, -0.25) is 0 Å². The first kappa shape index (κ1) is 26.0. The van der Waals surface area contributed by atoms with E-state index in [9.17, 15) is 0 Å². The van der Waals surface area contributed by atoms with E-state index in [4.69, 9.17) is 23.8 Å². The smallest absolute Gasteiger partial charge is 0.173 e. The fraction of sp³-hybridized carbons (Fsp3) is 0.258. The second-order valence-electron chi connectivity index (χ2n) is 9.34. The highest BCUT2D eigenvalue weighted by molar-refractivity contribution is 7.80. The van der Waals surface area contributed by atoms with E-state index in [2.05, 4.69) is 108 Å². The Morgan fingerprint density at radius 2 is 1.67 bits per heavy atom. The van der Waals surface area contributed by atoms with Crippen LogP contribution in [0.1, 0.15) is 40.4 Å². The van der Waals surface area contributed by atoms with E-state index in [-0.39, 0.29) is 0 Å². The molecule has 3 nitrogen and oxygen atoms in total. The lowest BCUT2D eigenvalue weighted by Gasteiger charge is -2.27. The van der Waals surface area contributed by atoms with Gasteiger partial charge in [0.15, 0.2) is 5.11 Å². The first-order chi connectivity index (χ1) is 17.4. The summed E-state index contributed by atoms with van der Waals surface area (Å²) in [5.74, 6) is 0. The summed E-state index contributed by atoms with van der Waals surface area (Å²) in [5, 5.41) is 4.95. The van der Waals surface area contributed by atoms with Gasteiger partial charge in [-0.1, -0.05) is 66.6 Å². The molecule has 5 heteroatoms. The molecule has 0 radical (unpaired) electrons. The molecule has 0 spiro atoms. The molecule has 0 aliphatic heterocycles. The number of aromatic nitrogens is 1. The summed E-state index contributed by atoms with van der Waals surface area (Å²) in [6.07, 6.45) is 4.06. The van der Waals surface area contributed by atoms with Crippen LogP contribution in [-0.2, 0) is 25.9 Å². The number of rotatable bonds is 9. The number of aryl methyl sites for hydroxylation is 3. The van der Waals surface area contributed by atoms with Gasteiger partial charge in [0.25, 0.3) is 0 Å². The molecule has 1 N–H and O–H groups in total. The number of benzene rings is 3. The molecule has 0 atom stereocenters. The van der Waals surface area contributed by atoms with Crippen LogP contribution in [0.25, 0.3) is 0 Å². The zero-order chi connectivity index (χ0) is 25.5. The largest absolute Gasteiger partial charge is 0.345 e. The van der Waals surface area contributed by atoms with Crippen LogP contribution in [0.3, 0.4) is 0 Å². The van der Waals surface area contributed by atoms with E-state index < -0.39 is 0 Å². The van der Waals surface area contributed by atoms with E-state index in [1.54, 1.807) is 0 Å². The van der Waals surface area contributed by atoms with Crippen LogP contribution >= 0.6 is 23.8 Å². The molecule has 36 heavy (non-hydrogen) atoms. The average Bonchev–Trinajstić information content (AvgIpc) is 3.31. The van der Waals surface area contributed by atoms with E-state index in [1.165, 1.54) is 33.5 Å². The summed E-state index contributed by atoms with van der Waals surface area (Å²) in [6, 6.07) is 27.6. The molecule has 0 aliphatic carbocycles. The highest BCUT2D eigenvalue weighted by Crippen LogP contribution is 2.18. The van der Waals surface area contributed by atoms with Crippen LogP contribution in [0.15, 0.2) is 85.1 Å². The molecule has 0 saturated carbocycles. The first-order valence-corrected chi connectivity index (χ1v) is 13.3. The zero-order valence-electron chi connectivity index (χ0n) is 21.3. The van der Waals surface area contributed by atoms with Crippen molar-refractivity contribution in [1.29, 1.82) is 0 Å². The molecule has 4 rings (SSSR count). The molecule has 1 heterocycles. The number of anilines is 1. The molecule has 0 saturated heterocycles. The Morgan fingerprint density at radius 3 is 2.36 bits per heavy atom. The van der Waals surface area contributed by atoms with E-state index in [1.807, 2.05) is 12.1 Å². The van der Waals surface area contributed by atoms with Gasteiger partial charge in [0, 0.05) is 35.7 Å². The molecular weight excluding hydrogens is 482 g/mol. The van der Waals surface area contributed by atoms with E-state index in [0.29, 0.717) is 0 Å². The summed E-state index contributed by atoms with van der Waals surface area (Å²) >= 11 is 12.0. The third-order valence-corrected chi connectivity index (χ3v) is 7.21. The minimum Gasteiger partial charge on any atom is -0.345 e. The zero-order valence-corrected chi connectivity index (χ0v) is 22.9. The Balaban J connectivity index is 1.52. The monoisotopic (exact) mass is 515 g/mol. The van der Waals surface area contributed by atoms with Crippen LogP contribution in [0.5, 0.6) is 0 Å². The van der Waals surface area contributed by atoms with Gasteiger partial charge in [-0.05, 0) is 97.6 Å². The van der Waals surface area contributed by atoms with Gasteiger partial charge in [0.05, 0.1) is 6.54 Å². The molecule has 0 aliphatic rings. The number of thiocarbonyl (C=S) groups is 1. The number of nitrogens with zero attached hydrogens (tertiary/aromatic N) is 2. The third-order valence-electron chi connectivity index (χ3n) is 6.60. The van der Waals surface area contributed by atoms with Crippen molar-refractivity contribution < 1.29 is 0 Å². The number of hydrogen-bond acceptors (Lipinski definition) is 1. The van der Waals surface area contributed by atoms with Gasteiger partial charge >= 0.3 is 0 Å². The topological polar surface area (TPSA) is 20.2 Å². The second-order valence-corrected chi connectivity index (χ2v) is 10.2. The minimum absolute atomic E-state index is 0.727. The maximum atomic E-state index is 6.09. The van der Waals surface area contributed by atoms with Crippen molar-refractivity contribution in [2.75, 3.05) is 11.9 Å². The lowest BCUT2D eigenvalue weighted by molar-refractivity contribution is 0.409. The molecule has 186 valence electrons. The SMILES string of the molecule is CCc1ccc(NC(=S)N(CCc2ccc(Cl)cc2)Cc2cccn2Cc2ccc(C)cc2C)cc1. The van der Waals surface area contributed by atoms with Gasteiger partial charge in [-0.15, -0.1) is 0 Å². The average molecular weight is 516 g/mol. The van der Waals surface area contributed by atoms with Crippen molar-refractivity contribution in [3.05, 3.63) is 124 Å². The number of hydrogen-bond donors (Lipinski definition) is 1. The Morgan fingerprint density at radius 1 is 0.944 bits per heavy atom. The first-order valence-electron chi connectivity index (χ1n) is 12.5. The summed E-state index contributed by atoms with van der Waals surface area (Å²) in [5.41, 5.74) is 8.75. The van der Waals surface area contributed by atoms with Gasteiger partial charge in [0.2, 0.25) is 0 Å². The van der Waals surface area contributed by atoms with Gasteiger partial charge in [0.1, 0.15) is 0 Å². The van der Waals surface area contributed by atoms with Crippen molar-refractivity contribution in [3.8, 4) is 0 Å². The molecule has 0 bridgehead atoms. The lowest BCUT2D eigenvalue weighted by Crippen LogP contribution is -2.36. The number of nitrogens with one attached hydrogen (secondary N) is 1. The molecule has 4 aromatic rings. The predicted octanol–water partition coefficient (Wildman–Crippen LogP) is 7.81. The van der Waals surface area contributed by atoms with Crippen molar-refractivity contribution in [2.24, 2.45) is 0 Å². The highest BCUT2D eigenvalue weighted by Gasteiger charge is 2.14. The predicted molar refractivity (Wildman–Crippen MR) is 157 cm³/mol. The standard InChI is InChI=1S/C31H34ClN3S/c1-4-25-10-15-29(16-11-25)33-31(36)35(19-17-26-8-13-28(32)14-9-26)22-30-6-5-18-34(30)21-27-12-7-23(2)20-24(27)3/h5-16,18,20H,4,17,19,21-22H2,1-3H3,(H,33,36). The van der Waals surface area contributed by atoms with Crippen molar-refractivity contribution >= 4 is 34.6 Å². The minimum atomic E-state index is 0.727. The maximum Gasteiger partial charge on any atom is 0.173 e. The quantitative estimate of drug-likeness (QED) is 0.229. The van der Waals surface area contributed by atoms with Gasteiger partial charge in [-0.2, -0.15) is 0 Å². The number of halogens is 1. The van der Waals surface area contributed by atoms with Crippen molar-refractivity contribution in [2.45, 2.75) is 46.7 Å². The summed E-state index contributed by atoms with van der Waals surface area (Å²) in [6.45, 7) is 8.86. The molecular formula is C31H34ClN3S. The molecule has 3 aromatic carbocycles. The van der Waals surface area contributed by atoms with Crippen LogP contribution in [-0.4, -0.2) is 21.1 Å². The van der Waals surface area contributed by atoms with Crippen molar-refractivity contribution in [1.82, 2.24) is 9.47 Å². The van der Waals surface area contributed by atoms with Gasteiger partial charge < -0.3 is 14.8 Å². The Labute approximate surface area is 225 Å².